The number of aryl methyl sites for hydroxylation is 2. The predicted molar refractivity (Wildman–Crippen MR) is 56.8 cm³/mol. The van der Waals surface area contributed by atoms with Crippen molar-refractivity contribution in [2.45, 2.75) is 25.2 Å². The highest BCUT2D eigenvalue weighted by molar-refractivity contribution is 7.89. The second kappa shape index (κ2) is 4.11. The van der Waals surface area contributed by atoms with E-state index in [4.69, 9.17) is 0 Å². The molecule has 14 heavy (non-hydrogen) atoms. The lowest BCUT2D eigenvalue weighted by Crippen LogP contribution is -2.21. The molecule has 78 valence electrons. The monoisotopic (exact) mass is 213 g/mol. The van der Waals surface area contributed by atoms with E-state index in [1.54, 1.807) is 0 Å². The van der Waals surface area contributed by atoms with Crippen LogP contribution in [-0.4, -0.2) is 15.5 Å². The summed E-state index contributed by atoms with van der Waals surface area (Å²) < 4.78 is 25.7. The van der Waals surface area contributed by atoms with E-state index in [2.05, 4.69) is 4.72 Å². The lowest BCUT2D eigenvalue weighted by atomic mass is 10.1. The van der Waals surface area contributed by atoms with E-state index < -0.39 is 10.0 Å². The summed E-state index contributed by atoms with van der Waals surface area (Å²) in [5.41, 5.74) is 1.65. The summed E-state index contributed by atoms with van der Waals surface area (Å²) >= 11 is 0. The molecule has 0 aliphatic heterocycles. The van der Waals surface area contributed by atoms with Crippen LogP contribution in [0.5, 0.6) is 0 Å². The van der Waals surface area contributed by atoms with Gasteiger partial charge >= 0.3 is 0 Å². The Morgan fingerprint density at radius 2 is 2.00 bits per heavy atom. The van der Waals surface area contributed by atoms with Gasteiger partial charge in [0.2, 0.25) is 10.0 Å². The fourth-order valence-corrected chi connectivity index (χ4v) is 2.73. The SMILES string of the molecule is CCc1cccc(C)c1S(=O)(=O)NC. The first-order chi connectivity index (χ1) is 6.53. The normalized spacial score (nSPS) is 11.6. The Morgan fingerprint density at radius 3 is 2.50 bits per heavy atom. The van der Waals surface area contributed by atoms with Crippen molar-refractivity contribution in [3.05, 3.63) is 29.3 Å². The molecule has 0 atom stereocenters. The predicted octanol–water partition coefficient (Wildman–Crippen LogP) is 1.47. The fraction of sp³-hybridized carbons (Fsp3) is 0.400. The van der Waals surface area contributed by atoms with E-state index in [0.717, 1.165) is 17.5 Å². The van der Waals surface area contributed by atoms with Gasteiger partial charge in [-0.2, -0.15) is 0 Å². The van der Waals surface area contributed by atoms with E-state index in [-0.39, 0.29) is 0 Å². The molecule has 0 spiro atoms. The molecule has 1 N–H and O–H groups in total. The molecule has 0 radical (unpaired) electrons. The quantitative estimate of drug-likeness (QED) is 0.826. The van der Waals surface area contributed by atoms with Crippen LogP contribution in [0.4, 0.5) is 0 Å². The summed E-state index contributed by atoms with van der Waals surface area (Å²) in [6.45, 7) is 3.76. The van der Waals surface area contributed by atoms with Crippen molar-refractivity contribution in [1.82, 2.24) is 4.72 Å². The van der Waals surface area contributed by atoms with Gasteiger partial charge in [0.25, 0.3) is 0 Å². The second-order valence-corrected chi connectivity index (χ2v) is 4.95. The standard InChI is InChI=1S/C10H15NO2S/c1-4-9-7-5-6-8(2)10(9)14(12,13)11-3/h5-7,11H,4H2,1-3H3. The summed E-state index contributed by atoms with van der Waals surface area (Å²) in [6, 6.07) is 5.53. The maximum absolute atomic E-state index is 11.7. The van der Waals surface area contributed by atoms with Gasteiger partial charge < -0.3 is 0 Å². The first kappa shape index (κ1) is 11.2. The average Bonchev–Trinajstić information content (AvgIpc) is 2.17. The zero-order valence-electron chi connectivity index (χ0n) is 8.66. The first-order valence-electron chi connectivity index (χ1n) is 4.55. The van der Waals surface area contributed by atoms with Gasteiger partial charge in [0.15, 0.2) is 0 Å². The number of benzene rings is 1. The molecule has 3 nitrogen and oxygen atoms in total. The highest BCUT2D eigenvalue weighted by Crippen LogP contribution is 2.20. The van der Waals surface area contributed by atoms with Crippen LogP contribution < -0.4 is 4.72 Å². The largest absolute Gasteiger partial charge is 0.240 e. The molecule has 0 heterocycles. The molecule has 1 rings (SSSR count). The third kappa shape index (κ3) is 1.96. The summed E-state index contributed by atoms with van der Waals surface area (Å²) in [5, 5.41) is 0. The van der Waals surface area contributed by atoms with Gasteiger partial charge in [-0.25, -0.2) is 13.1 Å². The molecule has 0 fully saturated rings. The lowest BCUT2D eigenvalue weighted by molar-refractivity contribution is 0.586. The second-order valence-electron chi connectivity index (χ2n) is 3.12. The van der Waals surface area contributed by atoms with E-state index in [0.29, 0.717) is 4.90 Å². The minimum absolute atomic E-state index is 0.421. The number of nitrogens with one attached hydrogen (secondary N) is 1. The van der Waals surface area contributed by atoms with Crippen LogP contribution in [0.2, 0.25) is 0 Å². The molecule has 0 unspecified atom stereocenters. The van der Waals surface area contributed by atoms with Crippen LogP contribution >= 0.6 is 0 Å². The summed E-state index contributed by atoms with van der Waals surface area (Å²) in [4.78, 5) is 0.421. The smallest absolute Gasteiger partial charge is 0.214 e. The lowest BCUT2D eigenvalue weighted by Gasteiger charge is -2.10. The van der Waals surface area contributed by atoms with Crippen LogP contribution in [0.25, 0.3) is 0 Å². The van der Waals surface area contributed by atoms with Crippen molar-refractivity contribution >= 4 is 10.0 Å². The van der Waals surface area contributed by atoms with Gasteiger partial charge in [0.1, 0.15) is 0 Å². The van der Waals surface area contributed by atoms with E-state index in [1.807, 2.05) is 32.0 Å². The number of hydrogen-bond acceptors (Lipinski definition) is 2. The summed E-state index contributed by atoms with van der Waals surface area (Å²) in [5.74, 6) is 0. The Morgan fingerprint density at radius 1 is 1.36 bits per heavy atom. The van der Waals surface area contributed by atoms with Gasteiger partial charge in [0.05, 0.1) is 4.90 Å². The van der Waals surface area contributed by atoms with Gasteiger partial charge in [-0.15, -0.1) is 0 Å². The number of sulfonamides is 1. The van der Waals surface area contributed by atoms with Gasteiger partial charge in [-0.1, -0.05) is 25.1 Å². The van der Waals surface area contributed by atoms with Crippen molar-refractivity contribution in [3.8, 4) is 0 Å². The third-order valence-electron chi connectivity index (χ3n) is 2.21. The van der Waals surface area contributed by atoms with Crippen LogP contribution in [0, 0.1) is 6.92 Å². The molecule has 0 saturated carbocycles. The van der Waals surface area contributed by atoms with E-state index in [9.17, 15) is 8.42 Å². The van der Waals surface area contributed by atoms with E-state index in [1.165, 1.54) is 7.05 Å². The van der Waals surface area contributed by atoms with Crippen molar-refractivity contribution in [2.75, 3.05) is 7.05 Å². The Bertz CT molecular complexity index is 424. The first-order valence-corrected chi connectivity index (χ1v) is 6.03. The molecule has 4 heteroatoms. The zero-order valence-corrected chi connectivity index (χ0v) is 9.48. The molecule has 1 aromatic carbocycles. The average molecular weight is 213 g/mol. The zero-order chi connectivity index (χ0) is 10.8. The van der Waals surface area contributed by atoms with Gasteiger partial charge in [-0.3, -0.25) is 0 Å². The van der Waals surface area contributed by atoms with Crippen molar-refractivity contribution in [3.63, 3.8) is 0 Å². The molecular weight excluding hydrogens is 198 g/mol. The number of rotatable bonds is 3. The topological polar surface area (TPSA) is 46.2 Å². The molecule has 0 aromatic heterocycles. The third-order valence-corrected chi connectivity index (χ3v) is 3.87. The number of hydrogen-bond donors (Lipinski definition) is 1. The molecule has 0 aliphatic carbocycles. The molecule has 0 bridgehead atoms. The van der Waals surface area contributed by atoms with Crippen molar-refractivity contribution in [2.24, 2.45) is 0 Å². The highest BCUT2D eigenvalue weighted by Gasteiger charge is 2.17. The maximum Gasteiger partial charge on any atom is 0.240 e. The molecule has 0 saturated heterocycles. The van der Waals surface area contributed by atoms with Crippen LogP contribution in [-0.2, 0) is 16.4 Å². The van der Waals surface area contributed by atoms with Crippen molar-refractivity contribution < 1.29 is 8.42 Å². The summed E-state index contributed by atoms with van der Waals surface area (Å²) in [7, 11) is -1.89. The minimum atomic E-state index is -3.32. The van der Waals surface area contributed by atoms with Gasteiger partial charge in [-0.05, 0) is 31.5 Å². The maximum atomic E-state index is 11.7. The Balaban J connectivity index is 3.46. The van der Waals surface area contributed by atoms with Crippen LogP contribution in [0.3, 0.4) is 0 Å². The molecule has 0 amide bonds. The highest BCUT2D eigenvalue weighted by atomic mass is 32.2. The Kier molecular flexibility index (Phi) is 3.29. The van der Waals surface area contributed by atoms with Crippen LogP contribution in [0.15, 0.2) is 23.1 Å². The minimum Gasteiger partial charge on any atom is -0.214 e. The fourth-order valence-electron chi connectivity index (χ4n) is 1.48. The molecule has 0 aliphatic rings. The molecule has 1 aromatic rings. The Hall–Kier alpha value is -0.870. The van der Waals surface area contributed by atoms with E-state index >= 15 is 0 Å². The summed E-state index contributed by atoms with van der Waals surface area (Å²) in [6.07, 6.45) is 0.720. The van der Waals surface area contributed by atoms with Crippen molar-refractivity contribution in [1.29, 1.82) is 0 Å². The molecular formula is C10H15NO2S. The van der Waals surface area contributed by atoms with Gasteiger partial charge in [0, 0.05) is 0 Å². The Labute approximate surface area is 85.2 Å². The van der Waals surface area contributed by atoms with Crippen LogP contribution in [0.1, 0.15) is 18.1 Å².